The lowest BCUT2D eigenvalue weighted by molar-refractivity contribution is -0.607. The number of nitrogens with one attached hydrogen (secondary N) is 1. The van der Waals surface area contributed by atoms with E-state index in [1.807, 2.05) is 0 Å². The van der Waals surface area contributed by atoms with E-state index in [4.69, 9.17) is 4.74 Å². The van der Waals surface area contributed by atoms with Gasteiger partial charge in [0.2, 0.25) is 5.66 Å². The number of carbonyl (C=O) groups excluding carboxylic acids is 1. The average molecular weight is 608 g/mol. The number of aliphatic hydroxyl groups excluding tert-OH is 1. The molecule has 0 bridgehead atoms. The zero-order chi connectivity index (χ0) is 31.1. The normalized spacial score (nSPS) is 16.6. The van der Waals surface area contributed by atoms with Gasteiger partial charge in [-0.05, 0) is 12.8 Å². The molecule has 1 unspecified atom stereocenters. The summed E-state index contributed by atoms with van der Waals surface area (Å²) < 4.78 is 7.97. The van der Waals surface area contributed by atoms with Gasteiger partial charge in [-0.15, -0.1) is 0 Å². The molecule has 254 valence electrons. The molecule has 5 heteroatoms. The van der Waals surface area contributed by atoms with Crippen LogP contribution in [0.3, 0.4) is 0 Å². The first-order valence-corrected chi connectivity index (χ1v) is 19.3. The zero-order valence-corrected chi connectivity index (χ0v) is 29.1. The van der Waals surface area contributed by atoms with E-state index in [1.54, 1.807) is 0 Å². The number of hydrogen-bond acceptors (Lipinski definition) is 4. The van der Waals surface area contributed by atoms with E-state index in [2.05, 4.69) is 30.0 Å². The molecule has 0 saturated carbocycles. The van der Waals surface area contributed by atoms with E-state index < -0.39 is 0 Å². The van der Waals surface area contributed by atoms with Gasteiger partial charge in [0.15, 0.2) is 12.8 Å². The summed E-state index contributed by atoms with van der Waals surface area (Å²) >= 11 is 0. The van der Waals surface area contributed by atoms with Gasteiger partial charge in [-0.2, -0.15) is 0 Å². The lowest BCUT2D eigenvalue weighted by atomic mass is 9.96. The molecule has 0 saturated heterocycles. The molecule has 0 aromatic heterocycles. The molecule has 5 nitrogen and oxygen atoms in total. The van der Waals surface area contributed by atoms with Crippen LogP contribution in [0, 0.1) is 0 Å². The van der Waals surface area contributed by atoms with Crippen molar-refractivity contribution in [3.63, 3.8) is 0 Å². The molecule has 1 atom stereocenters. The van der Waals surface area contributed by atoms with Gasteiger partial charge in [0.1, 0.15) is 6.61 Å². The molecular formula is C38H75N2O3+. The Hall–Kier alpha value is -0.940. The average Bonchev–Trinajstić information content (AvgIpc) is 3.40. The summed E-state index contributed by atoms with van der Waals surface area (Å²) in [5, 5.41) is 13.3. The number of unbranched alkanes of at least 4 members (excludes halogenated alkanes) is 24. The summed E-state index contributed by atoms with van der Waals surface area (Å²) in [4.78, 5) is 12.4. The lowest BCUT2D eigenvalue weighted by Crippen LogP contribution is -2.51. The first kappa shape index (κ1) is 40.1. The van der Waals surface area contributed by atoms with Gasteiger partial charge in [0, 0.05) is 12.8 Å². The quantitative estimate of drug-likeness (QED) is 0.0443. The van der Waals surface area contributed by atoms with Crippen LogP contribution < -0.4 is 5.32 Å². The molecule has 0 amide bonds. The molecule has 43 heavy (non-hydrogen) atoms. The summed E-state index contributed by atoms with van der Waals surface area (Å²) in [5.74, 6) is -0.0464. The predicted octanol–water partition coefficient (Wildman–Crippen LogP) is 10.3. The first-order valence-electron chi connectivity index (χ1n) is 19.3. The van der Waals surface area contributed by atoms with Gasteiger partial charge >= 0.3 is 5.97 Å². The van der Waals surface area contributed by atoms with E-state index in [0.29, 0.717) is 19.6 Å². The Morgan fingerprint density at radius 3 is 1.51 bits per heavy atom. The molecule has 1 heterocycles. The van der Waals surface area contributed by atoms with Crippen LogP contribution in [0.5, 0.6) is 0 Å². The topological polar surface area (TPSA) is 61.6 Å². The molecular weight excluding hydrogens is 532 g/mol. The number of nitrogens with zero attached hydrogens (tertiary/aromatic N) is 1. The Kier molecular flexibility index (Phi) is 27.7. The third-order valence-corrected chi connectivity index (χ3v) is 9.59. The standard InChI is InChI=1S/C38H75N2O3/c1-3-5-7-9-11-13-15-17-19-21-23-25-27-29-37(42)43-36-31-38(39-32-33-40(38)34-35-41)30-28-26-24-22-20-18-16-14-12-10-8-6-4-2/h33,39,41H,3-32,34-36H2,1-2H3/q+1. The third-order valence-electron chi connectivity index (χ3n) is 9.59. The summed E-state index contributed by atoms with van der Waals surface area (Å²) in [6.07, 6.45) is 39.3. The minimum Gasteiger partial charge on any atom is -0.465 e. The van der Waals surface area contributed by atoms with E-state index in [-0.39, 0.29) is 18.2 Å². The Bertz CT molecular complexity index is 653. The minimum atomic E-state index is -0.184. The number of rotatable bonds is 33. The van der Waals surface area contributed by atoms with Crippen LogP contribution in [0.1, 0.15) is 200 Å². The smallest absolute Gasteiger partial charge is 0.305 e. The van der Waals surface area contributed by atoms with Crippen molar-refractivity contribution in [3.8, 4) is 0 Å². The largest absolute Gasteiger partial charge is 0.465 e. The molecule has 2 N–H and O–H groups in total. The number of carbonyl (C=O) groups is 1. The second-order valence-electron chi connectivity index (χ2n) is 13.5. The molecule has 0 fully saturated rings. The molecule has 1 aliphatic heterocycles. The van der Waals surface area contributed by atoms with E-state index >= 15 is 0 Å². The molecule has 0 aromatic rings. The lowest BCUT2D eigenvalue weighted by Gasteiger charge is -2.27. The highest BCUT2D eigenvalue weighted by atomic mass is 16.5. The third kappa shape index (κ3) is 22.3. The fourth-order valence-corrected chi connectivity index (χ4v) is 6.75. The van der Waals surface area contributed by atoms with Gasteiger partial charge in [-0.1, -0.05) is 168 Å². The minimum absolute atomic E-state index is 0.0464. The molecule has 0 spiro atoms. The molecule has 0 radical (unpaired) electrons. The van der Waals surface area contributed by atoms with Gasteiger partial charge in [0.05, 0.1) is 19.6 Å². The van der Waals surface area contributed by atoms with Crippen molar-refractivity contribution in [2.45, 2.75) is 206 Å². The van der Waals surface area contributed by atoms with Crippen LogP contribution in [-0.2, 0) is 9.53 Å². The highest BCUT2D eigenvalue weighted by Crippen LogP contribution is 2.24. The SMILES string of the molecule is CCCCCCCCCCCCCCCC(=O)OCCC1(CCCCCCCCCCCCCCC)NCC=[N+]1CCO. The Balaban J connectivity index is 2.11. The highest BCUT2D eigenvalue weighted by molar-refractivity contribution is 5.69. The number of aliphatic hydroxyl groups is 1. The van der Waals surface area contributed by atoms with Crippen molar-refractivity contribution in [3.05, 3.63) is 0 Å². The van der Waals surface area contributed by atoms with E-state index in [0.717, 1.165) is 32.2 Å². The Labute approximate surface area is 268 Å². The van der Waals surface area contributed by atoms with Crippen LogP contribution in [0.15, 0.2) is 0 Å². The first-order chi connectivity index (χ1) is 21.2. The fourth-order valence-electron chi connectivity index (χ4n) is 6.75. The number of hydrogen-bond donors (Lipinski definition) is 2. The number of β-amino-alcohol motifs (C(OH)–C–C–N with tert-alkyl or cyclic N) is 1. The summed E-state index contributed by atoms with van der Waals surface area (Å²) in [6.45, 7) is 6.63. The second kappa shape index (κ2) is 29.8. The maximum atomic E-state index is 12.4. The Morgan fingerprint density at radius 2 is 1.07 bits per heavy atom. The summed E-state index contributed by atoms with van der Waals surface area (Å²) in [7, 11) is 0. The summed E-state index contributed by atoms with van der Waals surface area (Å²) in [5.41, 5.74) is -0.184. The van der Waals surface area contributed by atoms with Gasteiger partial charge in [-0.25, -0.2) is 9.89 Å². The van der Waals surface area contributed by atoms with E-state index in [9.17, 15) is 9.90 Å². The summed E-state index contributed by atoms with van der Waals surface area (Å²) in [6, 6.07) is 0. The number of ether oxygens (including phenoxy) is 1. The maximum Gasteiger partial charge on any atom is 0.305 e. The van der Waals surface area contributed by atoms with Crippen molar-refractivity contribution in [1.82, 2.24) is 5.32 Å². The molecule has 0 aromatic carbocycles. The van der Waals surface area contributed by atoms with Gasteiger partial charge in [0.25, 0.3) is 0 Å². The van der Waals surface area contributed by atoms with Crippen molar-refractivity contribution >= 4 is 12.2 Å². The van der Waals surface area contributed by atoms with Crippen molar-refractivity contribution in [1.29, 1.82) is 0 Å². The van der Waals surface area contributed by atoms with Crippen molar-refractivity contribution in [2.75, 3.05) is 26.3 Å². The van der Waals surface area contributed by atoms with Crippen LogP contribution >= 0.6 is 0 Å². The number of esters is 1. The van der Waals surface area contributed by atoms with Crippen LogP contribution in [0.25, 0.3) is 0 Å². The second-order valence-corrected chi connectivity index (χ2v) is 13.5. The van der Waals surface area contributed by atoms with Crippen LogP contribution in [-0.4, -0.2) is 53.8 Å². The van der Waals surface area contributed by atoms with Crippen LogP contribution in [0.2, 0.25) is 0 Å². The van der Waals surface area contributed by atoms with E-state index in [1.165, 1.54) is 154 Å². The zero-order valence-electron chi connectivity index (χ0n) is 29.1. The monoisotopic (exact) mass is 608 g/mol. The van der Waals surface area contributed by atoms with Gasteiger partial charge < -0.3 is 9.84 Å². The van der Waals surface area contributed by atoms with Crippen molar-refractivity contribution in [2.24, 2.45) is 0 Å². The highest BCUT2D eigenvalue weighted by Gasteiger charge is 2.43. The maximum absolute atomic E-state index is 12.4. The molecule has 0 aliphatic carbocycles. The van der Waals surface area contributed by atoms with Gasteiger partial charge in [-0.3, -0.25) is 4.79 Å². The van der Waals surface area contributed by atoms with Crippen LogP contribution in [0.4, 0.5) is 0 Å². The van der Waals surface area contributed by atoms with Crippen molar-refractivity contribution < 1.29 is 19.2 Å². The molecule has 1 rings (SSSR count). The fraction of sp³-hybridized carbons (Fsp3) is 0.947. The molecule has 1 aliphatic rings. The predicted molar refractivity (Wildman–Crippen MR) is 185 cm³/mol. The Morgan fingerprint density at radius 1 is 0.651 bits per heavy atom.